The van der Waals surface area contributed by atoms with E-state index in [-0.39, 0.29) is 16.2 Å². The van der Waals surface area contributed by atoms with Crippen LogP contribution in [0.15, 0.2) is 30.3 Å². The number of carbonyl (C=O) groups is 1. The van der Waals surface area contributed by atoms with Crippen LogP contribution < -0.4 is 5.73 Å². The maximum atomic E-state index is 12.0. The van der Waals surface area contributed by atoms with E-state index in [2.05, 4.69) is 22.6 Å². The van der Waals surface area contributed by atoms with Crippen LogP contribution in [-0.4, -0.2) is 30.1 Å². The monoisotopic (exact) mass is 360 g/mol. The zero-order valence-electron chi connectivity index (χ0n) is 10.1. The number of hydrogen-bond acceptors (Lipinski definition) is 3. The number of rotatable bonds is 2. The molecule has 1 amide bonds. The molecular weight excluding hydrogens is 343 g/mol. The zero-order chi connectivity index (χ0) is 13.0. The maximum absolute atomic E-state index is 12.0. The first-order valence-corrected chi connectivity index (χ1v) is 7.31. The van der Waals surface area contributed by atoms with Gasteiger partial charge in [0.25, 0.3) is 0 Å². The van der Waals surface area contributed by atoms with E-state index >= 15 is 0 Å². The number of piperidine rings is 1. The maximum Gasteiger partial charge on any atom is 0.411 e. The fraction of sp³-hybridized carbons (Fsp3) is 0.462. The Balaban J connectivity index is 1.91. The van der Waals surface area contributed by atoms with Crippen molar-refractivity contribution in [3.63, 3.8) is 0 Å². The molecule has 0 radical (unpaired) electrons. The fourth-order valence-corrected chi connectivity index (χ4v) is 2.64. The lowest BCUT2D eigenvalue weighted by atomic mass is 10.1. The van der Waals surface area contributed by atoms with Gasteiger partial charge in [-0.3, -0.25) is 0 Å². The lowest BCUT2D eigenvalue weighted by molar-refractivity contribution is 0.0876. The molecule has 1 fully saturated rings. The number of halogens is 1. The fourth-order valence-electron chi connectivity index (χ4n) is 2.01. The number of nitrogens with zero attached hydrogens (tertiary/aromatic N) is 1. The zero-order valence-corrected chi connectivity index (χ0v) is 12.2. The van der Waals surface area contributed by atoms with E-state index in [0.29, 0.717) is 6.54 Å². The van der Waals surface area contributed by atoms with Gasteiger partial charge in [-0.15, -0.1) is 0 Å². The van der Waals surface area contributed by atoms with Gasteiger partial charge in [0.05, 0.1) is 0 Å². The third kappa shape index (κ3) is 3.58. The van der Waals surface area contributed by atoms with E-state index in [0.717, 1.165) is 24.9 Å². The summed E-state index contributed by atoms with van der Waals surface area (Å²) in [6.45, 7) is 1.33. The Morgan fingerprint density at radius 3 is 2.83 bits per heavy atom. The van der Waals surface area contributed by atoms with Gasteiger partial charge >= 0.3 is 6.09 Å². The van der Waals surface area contributed by atoms with Crippen LogP contribution in [0.2, 0.25) is 0 Å². The highest BCUT2D eigenvalue weighted by Gasteiger charge is 2.24. The molecule has 0 saturated carbocycles. The minimum Gasteiger partial charge on any atom is -0.430 e. The average Bonchev–Trinajstić information content (AvgIpc) is 2.39. The number of carbonyl (C=O) groups excluding carboxylic acids is 1. The number of hydrogen-bond donors (Lipinski definition) is 1. The highest BCUT2D eigenvalue weighted by atomic mass is 127. The van der Waals surface area contributed by atoms with Crippen molar-refractivity contribution >= 4 is 28.7 Å². The predicted molar refractivity (Wildman–Crippen MR) is 78.5 cm³/mol. The second-order valence-electron chi connectivity index (χ2n) is 4.46. The molecule has 1 saturated heterocycles. The predicted octanol–water partition coefficient (Wildman–Crippen LogP) is 2.68. The summed E-state index contributed by atoms with van der Waals surface area (Å²) < 4.78 is 5.19. The summed E-state index contributed by atoms with van der Waals surface area (Å²) in [6, 6.07) is 9.80. The highest BCUT2D eigenvalue weighted by Crippen LogP contribution is 2.25. The van der Waals surface area contributed by atoms with E-state index in [1.165, 1.54) is 0 Å². The van der Waals surface area contributed by atoms with Crippen molar-refractivity contribution in [1.29, 1.82) is 0 Å². The van der Waals surface area contributed by atoms with Crippen molar-refractivity contribution in [3.8, 4) is 0 Å². The minimum atomic E-state index is -0.270. The largest absolute Gasteiger partial charge is 0.430 e. The van der Waals surface area contributed by atoms with E-state index < -0.39 is 0 Å². The van der Waals surface area contributed by atoms with Crippen molar-refractivity contribution < 1.29 is 9.53 Å². The van der Waals surface area contributed by atoms with Gasteiger partial charge in [-0.1, -0.05) is 30.3 Å². The molecule has 1 heterocycles. The number of likely N-dealkylation sites (tertiary alicyclic amines) is 1. The number of nitrogens with two attached hydrogens (primary N) is 1. The third-order valence-electron chi connectivity index (χ3n) is 2.98. The molecule has 0 spiro atoms. The summed E-state index contributed by atoms with van der Waals surface area (Å²) in [5, 5.41) is 0. The van der Waals surface area contributed by atoms with Crippen LogP contribution in [0.4, 0.5) is 4.79 Å². The molecule has 0 aromatic heterocycles. The van der Waals surface area contributed by atoms with Crippen molar-refractivity contribution in [2.45, 2.75) is 23.0 Å². The van der Waals surface area contributed by atoms with Gasteiger partial charge in [0.2, 0.25) is 0 Å². The molecule has 18 heavy (non-hydrogen) atoms. The first kappa shape index (κ1) is 13.6. The molecule has 1 aromatic rings. The van der Waals surface area contributed by atoms with Gasteiger partial charge in [-0.25, -0.2) is 4.79 Å². The summed E-state index contributed by atoms with van der Waals surface area (Å²) in [5.74, 6) is 0. The van der Waals surface area contributed by atoms with E-state index in [1.807, 2.05) is 30.3 Å². The van der Waals surface area contributed by atoms with E-state index in [1.54, 1.807) is 4.90 Å². The van der Waals surface area contributed by atoms with Crippen molar-refractivity contribution in [2.75, 3.05) is 13.1 Å². The Labute approximate surface area is 121 Å². The van der Waals surface area contributed by atoms with Gasteiger partial charge in [-0.2, -0.15) is 0 Å². The number of alkyl halides is 1. The van der Waals surface area contributed by atoms with Crippen molar-refractivity contribution in [2.24, 2.45) is 5.73 Å². The summed E-state index contributed by atoms with van der Waals surface area (Å²) >= 11 is 2.12. The SMILES string of the molecule is NC1CCCN(C(=O)OC(I)c2ccccc2)C1. The van der Waals surface area contributed by atoms with Gasteiger partial charge in [0, 0.05) is 24.7 Å². The molecule has 1 aliphatic rings. The lowest BCUT2D eigenvalue weighted by Gasteiger charge is -2.30. The Morgan fingerprint density at radius 2 is 2.17 bits per heavy atom. The Kier molecular flexibility index (Phi) is 4.82. The van der Waals surface area contributed by atoms with Crippen LogP contribution in [0.5, 0.6) is 0 Å². The average molecular weight is 360 g/mol. The van der Waals surface area contributed by atoms with Crippen molar-refractivity contribution in [3.05, 3.63) is 35.9 Å². The topological polar surface area (TPSA) is 55.6 Å². The first-order valence-electron chi connectivity index (χ1n) is 6.07. The molecule has 1 aromatic carbocycles. The van der Waals surface area contributed by atoms with Gasteiger partial charge < -0.3 is 15.4 Å². The van der Waals surface area contributed by atoms with E-state index in [9.17, 15) is 4.79 Å². The molecule has 98 valence electrons. The molecule has 0 aliphatic carbocycles. The molecular formula is C13H17IN2O2. The Morgan fingerprint density at radius 1 is 1.44 bits per heavy atom. The molecule has 2 rings (SSSR count). The number of benzene rings is 1. The Bertz CT molecular complexity index is 399. The number of amides is 1. The van der Waals surface area contributed by atoms with Gasteiger partial charge in [0.1, 0.15) is 0 Å². The minimum absolute atomic E-state index is 0.0793. The lowest BCUT2D eigenvalue weighted by Crippen LogP contribution is -2.45. The summed E-state index contributed by atoms with van der Waals surface area (Å²) in [4.78, 5) is 13.7. The number of ether oxygens (including phenoxy) is 1. The van der Waals surface area contributed by atoms with E-state index in [4.69, 9.17) is 10.5 Å². The second kappa shape index (κ2) is 6.38. The van der Waals surface area contributed by atoms with Crippen LogP contribution in [0.25, 0.3) is 0 Å². The van der Waals surface area contributed by atoms with Crippen molar-refractivity contribution in [1.82, 2.24) is 4.90 Å². The summed E-state index contributed by atoms with van der Waals surface area (Å²) in [5.41, 5.74) is 6.85. The van der Waals surface area contributed by atoms with Crippen LogP contribution in [-0.2, 0) is 4.74 Å². The molecule has 4 nitrogen and oxygen atoms in total. The first-order chi connectivity index (χ1) is 8.66. The van der Waals surface area contributed by atoms with Crippen LogP contribution >= 0.6 is 22.6 Å². The van der Waals surface area contributed by atoms with Crippen LogP contribution in [0.1, 0.15) is 22.5 Å². The highest BCUT2D eigenvalue weighted by molar-refractivity contribution is 14.1. The molecule has 1 aliphatic heterocycles. The second-order valence-corrected chi connectivity index (χ2v) is 5.59. The van der Waals surface area contributed by atoms with Crippen LogP contribution in [0.3, 0.4) is 0 Å². The van der Waals surface area contributed by atoms with Gasteiger partial charge in [-0.05, 0) is 35.4 Å². The van der Waals surface area contributed by atoms with Gasteiger partial charge in [0.15, 0.2) is 4.11 Å². The summed E-state index contributed by atoms with van der Waals surface area (Å²) in [7, 11) is 0. The molecule has 2 atom stereocenters. The molecule has 0 bridgehead atoms. The molecule has 5 heteroatoms. The van der Waals surface area contributed by atoms with Crippen LogP contribution in [0, 0.1) is 0 Å². The Hall–Kier alpha value is -0.820. The standard InChI is InChI=1S/C13H17IN2O2/c14-12(10-5-2-1-3-6-10)18-13(17)16-8-4-7-11(15)9-16/h1-3,5-6,11-12H,4,7-9,15H2. The quantitative estimate of drug-likeness (QED) is 0.652. The normalized spacial score (nSPS) is 21.4. The third-order valence-corrected chi connectivity index (χ3v) is 3.96. The molecule has 2 unspecified atom stereocenters. The smallest absolute Gasteiger partial charge is 0.411 e. The molecule has 2 N–H and O–H groups in total. The summed E-state index contributed by atoms with van der Waals surface area (Å²) in [6.07, 6.45) is 1.66.